The van der Waals surface area contributed by atoms with E-state index in [0.29, 0.717) is 18.2 Å². The van der Waals surface area contributed by atoms with Crippen LogP contribution in [0.5, 0.6) is 0 Å². The second-order valence-electron chi connectivity index (χ2n) is 6.59. The predicted octanol–water partition coefficient (Wildman–Crippen LogP) is 1.06. The van der Waals surface area contributed by atoms with Crippen molar-refractivity contribution in [1.82, 2.24) is 9.47 Å². The molecule has 1 aromatic rings. The molecule has 2 aliphatic rings. The molecule has 0 aromatic carbocycles. The highest BCUT2D eigenvalue weighted by Gasteiger charge is 2.42. The molecule has 0 spiro atoms. The van der Waals surface area contributed by atoms with Crippen LogP contribution in [-0.4, -0.2) is 39.8 Å². The van der Waals surface area contributed by atoms with Gasteiger partial charge in [-0.25, -0.2) is 0 Å². The Bertz CT molecular complexity index is 557. The number of likely N-dealkylation sites (tertiary alicyclic amines) is 1. The summed E-state index contributed by atoms with van der Waals surface area (Å²) in [6.07, 6.45) is 7.05. The number of anilines is 1. The van der Waals surface area contributed by atoms with Crippen LogP contribution < -0.4 is 11.3 Å². The van der Waals surface area contributed by atoms with Gasteiger partial charge in [-0.05, 0) is 25.3 Å². The van der Waals surface area contributed by atoms with Crippen LogP contribution in [0.25, 0.3) is 0 Å². The van der Waals surface area contributed by atoms with E-state index in [1.807, 2.05) is 0 Å². The van der Waals surface area contributed by atoms with Gasteiger partial charge in [0.2, 0.25) is 0 Å². The largest absolute Gasteiger partial charge is 0.398 e. The summed E-state index contributed by atoms with van der Waals surface area (Å²) < 4.78 is 1.68. The van der Waals surface area contributed by atoms with E-state index in [4.69, 9.17) is 5.73 Å². The third-order valence-corrected chi connectivity index (χ3v) is 5.18. The van der Waals surface area contributed by atoms with Gasteiger partial charge in [0.15, 0.2) is 0 Å². The van der Waals surface area contributed by atoms with Crippen molar-refractivity contribution in [2.24, 2.45) is 5.92 Å². The molecule has 116 valence electrons. The zero-order valence-electron chi connectivity index (χ0n) is 12.5. The lowest BCUT2D eigenvalue weighted by Gasteiger charge is -2.47. The Morgan fingerprint density at radius 1 is 1.29 bits per heavy atom. The van der Waals surface area contributed by atoms with Crippen molar-refractivity contribution in [1.29, 1.82) is 0 Å². The van der Waals surface area contributed by atoms with Crippen LogP contribution >= 0.6 is 0 Å². The minimum atomic E-state index is -0.428. The molecule has 3 rings (SSSR count). The molecule has 2 heterocycles. The number of fused-ring (bicyclic) bond motifs is 1. The highest BCUT2D eigenvalue weighted by atomic mass is 16.3. The molecule has 0 radical (unpaired) electrons. The molecule has 2 atom stereocenters. The maximum Gasteiger partial charge on any atom is 0.250 e. The summed E-state index contributed by atoms with van der Waals surface area (Å²) in [6, 6.07) is 3.16. The Morgan fingerprint density at radius 3 is 3.00 bits per heavy atom. The van der Waals surface area contributed by atoms with Crippen LogP contribution in [0.2, 0.25) is 0 Å². The molecule has 0 bridgehead atoms. The Balaban J connectivity index is 1.59. The highest BCUT2D eigenvalue weighted by Crippen LogP contribution is 2.39. The summed E-state index contributed by atoms with van der Waals surface area (Å²) >= 11 is 0. The predicted molar refractivity (Wildman–Crippen MR) is 83.1 cm³/mol. The standard InChI is InChI=1S/C16H25N3O2/c17-14-4-5-15(20)19(12-14)10-9-18-8-7-16(21)6-2-1-3-13(16)11-18/h4-5,12-13,21H,1-3,6-11,17H2. The maximum atomic E-state index is 11.8. The van der Waals surface area contributed by atoms with E-state index in [0.717, 1.165) is 45.3 Å². The number of nitrogen functional groups attached to an aromatic ring is 1. The minimum Gasteiger partial charge on any atom is -0.398 e. The summed E-state index contributed by atoms with van der Waals surface area (Å²) in [4.78, 5) is 14.1. The van der Waals surface area contributed by atoms with Crippen LogP contribution in [0.15, 0.2) is 23.1 Å². The third kappa shape index (κ3) is 3.14. The molecule has 2 unspecified atom stereocenters. The Labute approximate surface area is 125 Å². The van der Waals surface area contributed by atoms with Gasteiger partial charge in [0.25, 0.3) is 5.56 Å². The van der Waals surface area contributed by atoms with Crippen molar-refractivity contribution in [2.45, 2.75) is 44.2 Å². The molecule has 1 aliphatic heterocycles. The van der Waals surface area contributed by atoms with Gasteiger partial charge in [0, 0.05) is 50.0 Å². The number of hydrogen-bond donors (Lipinski definition) is 2. The first-order valence-electron chi connectivity index (χ1n) is 7.97. The number of aliphatic hydroxyl groups is 1. The number of pyridine rings is 1. The molecule has 1 aliphatic carbocycles. The molecule has 5 heteroatoms. The monoisotopic (exact) mass is 291 g/mol. The fourth-order valence-corrected chi connectivity index (χ4v) is 3.82. The number of hydrogen-bond acceptors (Lipinski definition) is 4. The molecular weight excluding hydrogens is 266 g/mol. The normalized spacial score (nSPS) is 30.0. The fraction of sp³-hybridized carbons (Fsp3) is 0.688. The summed E-state index contributed by atoms with van der Waals surface area (Å²) in [5.74, 6) is 0.401. The quantitative estimate of drug-likeness (QED) is 0.873. The summed E-state index contributed by atoms with van der Waals surface area (Å²) in [7, 11) is 0. The molecule has 3 N–H and O–H groups in total. The molecule has 1 aromatic heterocycles. The second-order valence-corrected chi connectivity index (χ2v) is 6.59. The van der Waals surface area contributed by atoms with Crippen molar-refractivity contribution in [2.75, 3.05) is 25.4 Å². The van der Waals surface area contributed by atoms with Gasteiger partial charge in [0.1, 0.15) is 0 Å². The van der Waals surface area contributed by atoms with E-state index in [-0.39, 0.29) is 5.56 Å². The van der Waals surface area contributed by atoms with Gasteiger partial charge >= 0.3 is 0 Å². The molecule has 2 fully saturated rings. The van der Waals surface area contributed by atoms with Gasteiger partial charge in [0.05, 0.1) is 5.60 Å². The Morgan fingerprint density at radius 2 is 2.14 bits per heavy atom. The Hall–Kier alpha value is -1.33. The minimum absolute atomic E-state index is 0.00428. The second kappa shape index (κ2) is 5.81. The topological polar surface area (TPSA) is 71.5 Å². The van der Waals surface area contributed by atoms with Gasteiger partial charge in [-0.2, -0.15) is 0 Å². The number of aromatic nitrogens is 1. The van der Waals surface area contributed by atoms with Crippen molar-refractivity contribution in [3.05, 3.63) is 28.7 Å². The number of piperidine rings is 1. The van der Waals surface area contributed by atoms with Gasteiger partial charge in [-0.15, -0.1) is 0 Å². The first kappa shape index (κ1) is 14.6. The van der Waals surface area contributed by atoms with Crippen molar-refractivity contribution in [3.8, 4) is 0 Å². The molecule has 0 amide bonds. The number of nitrogens with zero attached hydrogens (tertiary/aromatic N) is 2. The van der Waals surface area contributed by atoms with E-state index in [2.05, 4.69) is 4.90 Å². The molecule has 5 nitrogen and oxygen atoms in total. The van der Waals surface area contributed by atoms with Gasteiger partial charge in [-0.3, -0.25) is 4.79 Å². The van der Waals surface area contributed by atoms with E-state index in [1.165, 1.54) is 12.5 Å². The summed E-state index contributed by atoms with van der Waals surface area (Å²) in [5.41, 5.74) is 5.92. The molecular formula is C16H25N3O2. The van der Waals surface area contributed by atoms with Crippen LogP contribution in [0.3, 0.4) is 0 Å². The smallest absolute Gasteiger partial charge is 0.250 e. The Kier molecular flexibility index (Phi) is 4.04. The van der Waals surface area contributed by atoms with Gasteiger partial charge in [-0.1, -0.05) is 12.8 Å². The molecule has 1 saturated carbocycles. The fourth-order valence-electron chi connectivity index (χ4n) is 3.82. The number of rotatable bonds is 3. The summed E-state index contributed by atoms with van der Waals surface area (Å²) in [6.45, 7) is 3.38. The zero-order chi connectivity index (χ0) is 14.9. The third-order valence-electron chi connectivity index (χ3n) is 5.18. The zero-order valence-corrected chi connectivity index (χ0v) is 12.5. The van der Waals surface area contributed by atoms with E-state index in [1.54, 1.807) is 16.8 Å². The lowest BCUT2D eigenvalue weighted by Crippen LogP contribution is -2.53. The summed E-state index contributed by atoms with van der Waals surface area (Å²) in [5, 5.41) is 10.7. The van der Waals surface area contributed by atoms with Gasteiger partial charge < -0.3 is 20.3 Å². The van der Waals surface area contributed by atoms with Crippen LogP contribution in [0.4, 0.5) is 5.69 Å². The number of nitrogens with two attached hydrogens (primary N) is 1. The lowest BCUT2D eigenvalue weighted by molar-refractivity contribution is -0.0955. The van der Waals surface area contributed by atoms with Crippen molar-refractivity contribution < 1.29 is 5.11 Å². The highest BCUT2D eigenvalue weighted by molar-refractivity contribution is 5.33. The van der Waals surface area contributed by atoms with E-state index < -0.39 is 5.60 Å². The first-order valence-corrected chi connectivity index (χ1v) is 7.97. The lowest BCUT2D eigenvalue weighted by atomic mass is 9.71. The van der Waals surface area contributed by atoms with E-state index >= 15 is 0 Å². The van der Waals surface area contributed by atoms with Crippen molar-refractivity contribution in [3.63, 3.8) is 0 Å². The maximum absolute atomic E-state index is 11.8. The first-order chi connectivity index (χ1) is 10.1. The van der Waals surface area contributed by atoms with Crippen LogP contribution in [0.1, 0.15) is 32.1 Å². The molecule has 21 heavy (non-hydrogen) atoms. The average Bonchev–Trinajstić information content (AvgIpc) is 2.48. The molecule has 1 saturated heterocycles. The van der Waals surface area contributed by atoms with Crippen LogP contribution in [0, 0.1) is 5.92 Å². The average molecular weight is 291 g/mol. The SMILES string of the molecule is Nc1ccc(=O)n(CCN2CCC3(O)CCCCC3C2)c1. The van der Waals surface area contributed by atoms with E-state index in [9.17, 15) is 9.90 Å². The van der Waals surface area contributed by atoms with Crippen LogP contribution in [-0.2, 0) is 6.54 Å². The van der Waals surface area contributed by atoms with Crippen molar-refractivity contribution >= 4 is 5.69 Å².